The van der Waals surface area contributed by atoms with E-state index in [1.807, 2.05) is 55.9 Å². The van der Waals surface area contributed by atoms with Crippen LogP contribution in [0.15, 0.2) is 24.3 Å². The molecule has 0 aliphatic heterocycles. The molecule has 0 aliphatic carbocycles. The van der Waals surface area contributed by atoms with E-state index in [0.717, 1.165) is 22.6 Å². The molecule has 0 amide bonds. The van der Waals surface area contributed by atoms with Gasteiger partial charge in [0.15, 0.2) is 6.61 Å². The minimum Gasteiger partial charge on any atom is -0.479 e. The summed E-state index contributed by atoms with van der Waals surface area (Å²) < 4.78 is 7.13. The summed E-state index contributed by atoms with van der Waals surface area (Å²) >= 11 is 0. The summed E-state index contributed by atoms with van der Waals surface area (Å²) in [5.74, 6) is 0.709. The zero-order chi connectivity index (χ0) is 15.4. The van der Waals surface area contributed by atoms with Crippen LogP contribution in [0.3, 0.4) is 0 Å². The van der Waals surface area contributed by atoms with Crippen LogP contribution in [-0.4, -0.2) is 16.4 Å². The fraction of sp³-hybridized carbons (Fsp3) is 0.375. The summed E-state index contributed by atoms with van der Waals surface area (Å²) in [5, 5.41) is 16.4. The zero-order valence-corrected chi connectivity index (χ0v) is 12.8. The Bertz CT molecular complexity index is 652. The first-order chi connectivity index (χ1) is 10.0. The number of hydrogen-bond donors (Lipinski definition) is 1. The van der Waals surface area contributed by atoms with Crippen molar-refractivity contribution >= 4 is 5.69 Å². The summed E-state index contributed by atoms with van der Waals surface area (Å²) in [6.07, 6.45) is 0. The second-order valence-corrected chi connectivity index (χ2v) is 5.05. The average molecular weight is 284 g/mol. The molecule has 0 aliphatic rings. The first-order valence-electron chi connectivity index (χ1n) is 6.89. The standard InChI is InChI=1S/C16H20N4O/c1-11(18-16-12(2)19-20(4)13(16)3)14-5-7-15(8-6-14)21-10-9-17/h5-8,11,18H,10H2,1-4H3. The monoisotopic (exact) mass is 284 g/mol. The van der Waals surface area contributed by atoms with Gasteiger partial charge in [-0.3, -0.25) is 4.68 Å². The van der Waals surface area contributed by atoms with Crippen LogP contribution in [0.25, 0.3) is 0 Å². The summed E-state index contributed by atoms with van der Waals surface area (Å²) in [7, 11) is 1.94. The molecule has 2 rings (SSSR count). The highest BCUT2D eigenvalue weighted by atomic mass is 16.5. The van der Waals surface area contributed by atoms with Crippen LogP contribution in [0.5, 0.6) is 5.75 Å². The summed E-state index contributed by atoms with van der Waals surface area (Å²) in [4.78, 5) is 0. The minimum atomic E-state index is 0.0707. The van der Waals surface area contributed by atoms with Gasteiger partial charge in [-0.2, -0.15) is 10.4 Å². The Hall–Kier alpha value is -2.48. The Labute approximate surface area is 125 Å². The van der Waals surface area contributed by atoms with E-state index < -0.39 is 0 Å². The molecule has 0 bridgehead atoms. The van der Waals surface area contributed by atoms with Crippen molar-refractivity contribution in [2.24, 2.45) is 7.05 Å². The van der Waals surface area contributed by atoms with E-state index in [4.69, 9.17) is 10.00 Å². The maximum atomic E-state index is 8.50. The maximum absolute atomic E-state index is 8.50. The summed E-state index contributed by atoms with van der Waals surface area (Å²) in [5.41, 5.74) is 4.35. The number of nitrogens with zero attached hydrogens (tertiary/aromatic N) is 3. The fourth-order valence-corrected chi connectivity index (χ4v) is 2.25. The van der Waals surface area contributed by atoms with Crippen molar-refractivity contribution in [1.82, 2.24) is 9.78 Å². The molecule has 1 N–H and O–H groups in total. The Morgan fingerprint density at radius 3 is 2.52 bits per heavy atom. The predicted octanol–water partition coefficient (Wildman–Crippen LogP) is 3.11. The van der Waals surface area contributed by atoms with Crippen molar-refractivity contribution < 1.29 is 4.74 Å². The topological polar surface area (TPSA) is 62.9 Å². The van der Waals surface area contributed by atoms with Gasteiger partial charge in [0.2, 0.25) is 0 Å². The molecule has 2 aromatic rings. The number of aromatic nitrogens is 2. The second kappa shape index (κ2) is 6.31. The van der Waals surface area contributed by atoms with Crippen molar-refractivity contribution in [3.63, 3.8) is 0 Å². The van der Waals surface area contributed by atoms with Crippen molar-refractivity contribution in [3.8, 4) is 11.8 Å². The van der Waals surface area contributed by atoms with Gasteiger partial charge in [0, 0.05) is 13.1 Å². The van der Waals surface area contributed by atoms with Crippen LogP contribution >= 0.6 is 0 Å². The van der Waals surface area contributed by atoms with Crippen LogP contribution < -0.4 is 10.1 Å². The first-order valence-corrected chi connectivity index (χ1v) is 6.89. The highest BCUT2D eigenvalue weighted by Gasteiger charge is 2.13. The molecule has 0 saturated carbocycles. The Morgan fingerprint density at radius 2 is 2.00 bits per heavy atom. The van der Waals surface area contributed by atoms with Gasteiger partial charge < -0.3 is 10.1 Å². The number of rotatable bonds is 5. The molecular weight excluding hydrogens is 264 g/mol. The van der Waals surface area contributed by atoms with Crippen LogP contribution in [-0.2, 0) is 7.05 Å². The molecule has 21 heavy (non-hydrogen) atoms. The van der Waals surface area contributed by atoms with Gasteiger partial charge in [0.25, 0.3) is 0 Å². The second-order valence-electron chi connectivity index (χ2n) is 5.05. The van der Waals surface area contributed by atoms with E-state index in [9.17, 15) is 0 Å². The molecule has 1 unspecified atom stereocenters. The van der Waals surface area contributed by atoms with E-state index in [0.29, 0.717) is 5.75 Å². The number of aryl methyl sites for hydroxylation is 2. The molecular formula is C16H20N4O. The van der Waals surface area contributed by atoms with Crippen LogP contribution in [0, 0.1) is 25.2 Å². The number of ether oxygens (including phenoxy) is 1. The minimum absolute atomic E-state index is 0.0707. The Balaban J connectivity index is 2.10. The predicted molar refractivity (Wildman–Crippen MR) is 82.3 cm³/mol. The van der Waals surface area contributed by atoms with E-state index in [1.54, 1.807) is 0 Å². The van der Waals surface area contributed by atoms with Crippen molar-refractivity contribution in [1.29, 1.82) is 5.26 Å². The van der Waals surface area contributed by atoms with Gasteiger partial charge in [-0.25, -0.2) is 0 Å². The highest BCUT2D eigenvalue weighted by Crippen LogP contribution is 2.25. The maximum Gasteiger partial charge on any atom is 0.174 e. The fourth-order valence-electron chi connectivity index (χ4n) is 2.25. The lowest BCUT2D eigenvalue weighted by Crippen LogP contribution is -2.08. The quantitative estimate of drug-likeness (QED) is 0.916. The number of nitriles is 1. The number of anilines is 1. The van der Waals surface area contributed by atoms with E-state index >= 15 is 0 Å². The third-order valence-electron chi connectivity index (χ3n) is 3.55. The van der Waals surface area contributed by atoms with Crippen LogP contribution in [0.4, 0.5) is 5.69 Å². The molecule has 1 aromatic carbocycles. The molecule has 0 radical (unpaired) electrons. The SMILES string of the molecule is Cc1nn(C)c(C)c1NC(C)c1ccc(OCC#N)cc1. The van der Waals surface area contributed by atoms with Gasteiger partial charge in [0.05, 0.1) is 17.1 Å². The van der Waals surface area contributed by atoms with Gasteiger partial charge in [-0.05, 0) is 38.5 Å². The molecule has 5 heteroatoms. The van der Waals surface area contributed by atoms with E-state index in [1.165, 1.54) is 0 Å². The molecule has 110 valence electrons. The number of benzene rings is 1. The van der Waals surface area contributed by atoms with Gasteiger partial charge >= 0.3 is 0 Å². The van der Waals surface area contributed by atoms with Crippen LogP contribution in [0.2, 0.25) is 0 Å². The lowest BCUT2D eigenvalue weighted by molar-refractivity contribution is 0.368. The van der Waals surface area contributed by atoms with Gasteiger partial charge in [0.1, 0.15) is 11.8 Å². The van der Waals surface area contributed by atoms with Crippen LogP contribution in [0.1, 0.15) is 29.9 Å². The lowest BCUT2D eigenvalue weighted by atomic mass is 10.1. The largest absolute Gasteiger partial charge is 0.479 e. The first kappa shape index (κ1) is 14.9. The molecule has 0 spiro atoms. The van der Waals surface area contributed by atoms with E-state index in [-0.39, 0.29) is 12.6 Å². The van der Waals surface area contributed by atoms with Crippen molar-refractivity contribution in [3.05, 3.63) is 41.2 Å². The van der Waals surface area contributed by atoms with Crippen molar-refractivity contribution in [2.45, 2.75) is 26.8 Å². The molecule has 5 nitrogen and oxygen atoms in total. The zero-order valence-electron chi connectivity index (χ0n) is 12.8. The molecule has 0 fully saturated rings. The average Bonchev–Trinajstić information content (AvgIpc) is 2.72. The highest BCUT2D eigenvalue weighted by molar-refractivity contribution is 5.53. The lowest BCUT2D eigenvalue weighted by Gasteiger charge is -2.16. The molecule has 1 heterocycles. The summed E-state index contributed by atoms with van der Waals surface area (Å²) in [6.45, 7) is 6.23. The number of hydrogen-bond acceptors (Lipinski definition) is 4. The molecule has 0 saturated heterocycles. The Kier molecular flexibility index (Phi) is 4.49. The summed E-state index contributed by atoms with van der Waals surface area (Å²) in [6, 6.07) is 9.90. The van der Waals surface area contributed by atoms with E-state index in [2.05, 4.69) is 17.3 Å². The third-order valence-corrected chi connectivity index (χ3v) is 3.55. The van der Waals surface area contributed by atoms with Gasteiger partial charge in [-0.1, -0.05) is 12.1 Å². The smallest absolute Gasteiger partial charge is 0.174 e. The molecule has 1 atom stereocenters. The molecule has 1 aromatic heterocycles. The van der Waals surface area contributed by atoms with Crippen molar-refractivity contribution in [2.75, 3.05) is 11.9 Å². The normalized spacial score (nSPS) is 11.8. The van der Waals surface area contributed by atoms with Gasteiger partial charge in [-0.15, -0.1) is 0 Å². The third kappa shape index (κ3) is 3.34. The number of nitrogens with one attached hydrogen (secondary N) is 1. The Morgan fingerprint density at radius 1 is 1.33 bits per heavy atom.